The molecule has 2 bridgehead atoms. The van der Waals surface area contributed by atoms with Crippen LogP contribution >= 0.6 is 0 Å². The molecule has 4 N–H and O–H groups in total. The second-order valence-corrected chi connectivity index (χ2v) is 8.73. The van der Waals surface area contributed by atoms with Crippen LogP contribution in [-0.2, 0) is 30.3 Å². The van der Waals surface area contributed by atoms with Gasteiger partial charge in [0, 0.05) is 12.8 Å². The van der Waals surface area contributed by atoms with Crippen LogP contribution in [-0.4, -0.2) is 61.4 Å². The summed E-state index contributed by atoms with van der Waals surface area (Å²) in [5.74, 6) is -6.90. The molecule has 0 spiro atoms. The zero-order valence-corrected chi connectivity index (χ0v) is 18.0. The molecule has 2 aliphatic rings. The predicted octanol–water partition coefficient (Wildman–Crippen LogP) is 2.22. The summed E-state index contributed by atoms with van der Waals surface area (Å²) in [4.78, 5) is 35.5. The highest BCUT2D eigenvalue weighted by Crippen LogP contribution is 2.54. The molecule has 9 nitrogen and oxygen atoms in total. The van der Waals surface area contributed by atoms with Gasteiger partial charge in [-0.25, -0.2) is 14.4 Å². The van der Waals surface area contributed by atoms with E-state index in [1.807, 2.05) is 37.3 Å². The molecule has 1 aromatic carbocycles. The van der Waals surface area contributed by atoms with E-state index < -0.39 is 41.0 Å². The molecule has 0 saturated carbocycles. The largest absolute Gasteiger partial charge is 0.479 e. The minimum absolute atomic E-state index is 0.0501. The molecule has 9 heteroatoms. The second kappa shape index (κ2) is 8.65. The van der Waals surface area contributed by atoms with Gasteiger partial charge in [-0.2, -0.15) is 0 Å². The van der Waals surface area contributed by atoms with Gasteiger partial charge in [-0.05, 0) is 37.7 Å². The summed E-state index contributed by atoms with van der Waals surface area (Å²) in [6.07, 6.45) is 0.746. The van der Waals surface area contributed by atoms with Crippen LogP contribution < -0.4 is 0 Å². The average Bonchev–Trinajstić information content (AvgIpc) is 3.07. The summed E-state index contributed by atoms with van der Waals surface area (Å²) in [6.45, 7) is 3.98. The van der Waals surface area contributed by atoms with Gasteiger partial charge in [0.1, 0.15) is 0 Å². The van der Waals surface area contributed by atoms with Crippen molar-refractivity contribution in [1.29, 1.82) is 0 Å². The molecular weight excluding hydrogens is 420 g/mol. The molecule has 2 aliphatic heterocycles. The molecule has 3 rings (SSSR count). The van der Waals surface area contributed by atoms with E-state index >= 15 is 0 Å². The normalized spacial score (nSPS) is 33.0. The third-order valence-electron chi connectivity index (χ3n) is 6.31. The van der Waals surface area contributed by atoms with Crippen LogP contribution in [0.25, 0.3) is 0 Å². The van der Waals surface area contributed by atoms with Crippen molar-refractivity contribution in [3.63, 3.8) is 0 Å². The van der Waals surface area contributed by atoms with E-state index in [9.17, 15) is 34.8 Å². The molecule has 2 heterocycles. The third kappa shape index (κ3) is 4.03. The van der Waals surface area contributed by atoms with Crippen LogP contribution in [0.3, 0.4) is 0 Å². The van der Waals surface area contributed by atoms with Crippen molar-refractivity contribution < 1.29 is 44.3 Å². The van der Waals surface area contributed by atoms with Gasteiger partial charge in [0.15, 0.2) is 5.79 Å². The highest BCUT2D eigenvalue weighted by molar-refractivity contribution is 5.96. The molecular formula is C23H28O9. The molecule has 174 valence electrons. The van der Waals surface area contributed by atoms with Crippen molar-refractivity contribution in [1.82, 2.24) is 0 Å². The van der Waals surface area contributed by atoms with Crippen LogP contribution in [0.15, 0.2) is 42.0 Å². The number of hydrogen-bond donors (Lipinski definition) is 4. The first-order chi connectivity index (χ1) is 15.0. The Hall–Kier alpha value is -2.75. The Morgan fingerprint density at radius 2 is 1.78 bits per heavy atom. The van der Waals surface area contributed by atoms with E-state index in [1.54, 1.807) is 0 Å². The van der Waals surface area contributed by atoms with Crippen molar-refractivity contribution in [3.05, 3.63) is 47.5 Å². The van der Waals surface area contributed by atoms with Gasteiger partial charge in [0.2, 0.25) is 17.3 Å². The predicted molar refractivity (Wildman–Crippen MR) is 111 cm³/mol. The number of aliphatic hydroxyl groups is 1. The Morgan fingerprint density at radius 1 is 1.12 bits per heavy atom. The summed E-state index contributed by atoms with van der Waals surface area (Å²) in [7, 11) is 0. The number of carboxylic acid groups (broad SMARTS) is 3. The van der Waals surface area contributed by atoms with E-state index in [-0.39, 0.29) is 25.2 Å². The zero-order valence-electron chi connectivity index (χ0n) is 18.0. The van der Waals surface area contributed by atoms with Crippen molar-refractivity contribution >= 4 is 17.9 Å². The number of allylic oxidation sites excluding steroid dienone is 2. The van der Waals surface area contributed by atoms with E-state index in [0.717, 1.165) is 12.0 Å². The Bertz CT molecular complexity index is 927. The molecule has 2 saturated heterocycles. The lowest BCUT2D eigenvalue weighted by molar-refractivity contribution is -0.362. The first kappa shape index (κ1) is 23.9. The Labute approximate surface area is 185 Å². The molecule has 0 unspecified atom stereocenters. The maximum absolute atomic E-state index is 12.0. The van der Waals surface area contributed by atoms with E-state index in [1.165, 1.54) is 5.56 Å². The summed E-state index contributed by atoms with van der Waals surface area (Å²) < 4.78 is 11.1. The number of ether oxygens (including phenoxy) is 2. The number of carboxylic acids is 3. The molecule has 0 amide bonds. The Morgan fingerprint density at radius 3 is 2.34 bits per heavy atom. The van der Waals surface area contributed by atoms with Crippen molar-refractivity contribution in [2.75, 3.05) is 0 Å². The molecule has 32 heavy (non-hydrogen) atoms. The maximum atomic E-state index is 12.0. The van der Waals surface area contributed by atoms with Crippen molar-refractivity contribution in [2.24, 2.45) is 5.92 Å². The number of carbonyl (C=O) groups is 3. The minimum Gasteiger partial charge on any atom is -0.479 e. The number of aliphatic carboxylic acids is 3. The highest BCUT2D eigenvalue weighted by atomic mass is 16.8. The van der Waals surface area contributed by atoms with Crippen LogP contribution in [0.2, 0.25) is 0 Å². The number of benzene rings is 1. The summed E-state index contributed by atoms with van der Waals surface area (Å²) in [5.41, 5.74) is -3.70. The van der Waals surface area contributed by atoms with Gasteiger partial charge < -0.3 is 29.9 Å². The van der Waals surface area contributed by atoms with Gasteiger partial charge >= 0.3 is 17.9 Å². The van der Waals surface area contributed by atoms with Crippen molar-refractivity contribution in [3.8, 4) is 0 Å². The maximum Gasteiger partial charge on any atom is 0.342 e. The first-order valence-corrected chi connectivity index (χ1v) is 10.5. The molecule has 0 aromatic heterocycles. The van der Waals surface area contributed by atoms with Crippen LogP contribution in [0.1, 0.15) is 45.1 Å². The topological polar surface area (TPSA) is 151 Å². The van der Waals surface area contributed by atoms with Crippen LogP contribution in [0.4, 0.5) is 0 Å². The smallest absolute Gasteiger partial charge is 0.342 e. The average molecular weight is 448 g/mol. The Balaban J connectivity index is 1.78. The number of hydrogen-bond acceptors (Lipinski definition) is 6. The van der Waals surface area contributed by atoms with Gasteiger partial charge in [-0.1, -0.05) is 48.9 Å². The SMILES string of the molecule is CC(=C[C@@H](C)Cc1ccccc1)CC[C@@]12CC[C@@](C(=O)O)(O1)[C@](O)(C(=O)O)[C@@H](C(=O)O)O2. The molecule has 1 aromatic rings. The van der Waals surface area contributed by atoms with Crippen LogP contribution in [0, 0.1) is 5.92 Å². The van der Waals surface area contributed by atoms with E-state index in [0.29, 0.717) is 6.42 Å². The fourth-order valence-corrected chi connectivity index (χ4v) is 4.71. The number of rotatable bonds is 9. The standard InChI is InChI=1S/C23H28O9/c1-14(12-15(2)13-16-6-4-3-5-7-16)8-9-21-10-11-22(32-21,19(26)27)23(30,20(28)29)17(31-21)18(24)25/h3-7,12,15,17,30H,8-11,13H2,1-2H3,(H,24,25)(H,26,27)(H,28,29)/t15-,17-,21+,22+,23-/m1/s1. The number of fused-ring (bicyclic) bond motifs is 2. The summed E-state index contributed by atoms with van der Waals surface area (Å²) in [5, 5.41) is 39.5. The minimum atomic E-state index is -3.26. The summed E-state index contributed by atoms with van der Waals surface area (Å²) >= 11 is 0. The zero-order chi connectivity index (χ0) is 23.7. The fourth-order valence-electron chi connectivity index (χ4n) is 4.71. The molecule has 5 atom stereocenters. The van der Waals surface area contributed by atoms with Crippen LogP contribution in [0.5, 0.6) is 0 Å². The lowest BCUT2D eigenvalue weighted by Crippen LogP contribution is -2.75. The third-order valence-corrected chi connectivity index (χ3v) is 6.31. The summed E-state index contributed by atoms with van der Waals surface area (Å²) in [6, 6.07) is 9.99. The molecule has 0 aliphatic carbocycles. The first-order valence-electron chi connectivity index (χ1n) is 10.5. The lowest BCUT2D eigenvalue weighted by Gasteiger charge is -2.48. The van der Waals surface area contributed by atoms with Gasteiger partial charge in [-0.15, -0.1) is 0 Å². The molecule has 2 fully saturated rings. The van der Waals surface area contributed by atoms with Crippen molar-refractivity contribution in [2.45, 2.75) is 69.0 Å². The van der Waals surface area contributed by atoms with Gasteiger partial charge in [0.05, 0.1) is 0 Å². The highest BCUT2D eigenvalue weighted by Gasteiger charge is 2.78. The van der Waals surface area contributed by atoms with Gasteiger partial charge in [-0.3, -0.25) is 0 Å². The lowest BCUT2D eigenvalue weighted by atomic mass is 9.76. The Kier molecular flexibility index (Phi) is 6.46. The quantitative estimate of drug-likeness (QED) is 0.417. The van der Waals surface area contributed by atoms with E-state index in [2.05, 4.69) is 13.0 Å². The van der Waals surface area contributed by atoms with Gasteiger partial charge in [0.25, 0.3) is 0 Å². The van der Waals surface area contributed by atoms with E-state index in [4.69, 9.17) is 9.47 Å². The monoisotopic (exact) mass is 448 g/mol. The fraction of sp³-hybridized carbons (Fsp3) is 0.522. The second-order valence-electron chi connectivity index (χ2n) is 8.73. The molecule has 0 radical (unpaired) electrons.